The van der Waals surface area contributed by atoms with Gasteiger partial charge in [-0.05, 0) is 52.2 Å². The fourth-order valence-corrected chi connectivity index (χ4v) is 3.56. The Morgan fingerprint density at radius 3 is 2.83 bits per heavy atom. The van der Waals surface area contributed by atoms with E-state index in [-0.39, 0.29) is 17.9 Å². The van der Waals surface area contributed by atoms with Crippen molar-refractivity contribution < 1.29 is 4.39 Å². The van der Waals surface area contributed by atoms with Crippen LogP contribution in [0.4, 0.5) is 10.3 Å². The summed E-state index contributed by atoms with van der Waals surface area (Å²) in [6, 6.07) is 11.5. The van der Waals surface area contributed by atoms with E-state index in [0.29, 0.717) is 22.4 Å². The quantitative estimate of drug-likeness (QED) is 0.738. The lowest BCUT2D eigenvalue weighted by atomic mass is 9.93. The van der Waals surface area contributed by atoms with Crippen LogP contribution in [0.25, 0.3) is 0 Å². The number of nitrogens with zero attached hydrogens (tertiary/aromatic N) is 4. The highest BCUT2D eigenvalue weighted by molar-refractivity contribution is 6.35. The molecule has 1 N–H and O–H groups in total. The van der Waals surface area contributed by atoms with Crippen molar-refractivity contribution in [1.29, 1.82) is 0 Å². The highest BCUT2D eigenvalue weighted by Crippen LogP contribution is 2.39. The van der Waals surface area contributed by atoms with Crippen LogP contribution >= 0.6 is 23.2 Å². The lowest BCUT2D eigenvalue weighted by Crippen LogP contribution is -2.28. The molecule has 0 saturated heterocycles. The molecule has 2 unspecified atom stereocenters. The molecule has 0 radical (unpaired) electrons. The molecule has 2 atom stereocenters. The number of fused-ring (bicyclic) bond motifs is 1. The van der Waals surface area contributed by atoms with Crippen molar-refractivity contribution in [3.63, 3.8) is 0 Å². The minimum Gasteiger partial charge on any atom is -0.346 e. The standard InChI is InChI=1S/C16H12Cl2FN5/c17-10-4-5-12(13(18)7-10)14-8-15(9-2-1-3-11(19)6-9)24-16(20-14)21-22-23-24/h1-7,14-15H,8H2,(H,20,21,23). The molecule has 1 aromatic heterocycles. The second-order valence-electron chi connectivity index (χ2n) is 5.62. The van der Waals surface area contributed by atoms with Crippen LogP contribution in [0.5, 0.6) is 0 Å². The Morgan fingerprint density at radius 2 is 2.04 bits per heavy atom. The van der Waals surface area contributed by atoms with Crippen LogP contribution in [-0.4, -0.2) is 20.2 Å². The third kappa shape index (κ3) is 2.72. The summed E-state index contributed by atoms with van der Waals surface area (Å²) in [6.07, 6.45) is 0.628. The molecule has 0 amide bonds. The van der Waals surface area contributed by atoms with Crippen molar-refractivity contribution in [2.24, 2.45) is 0 Å². The highest BCUT2D eigenvalue weighted by Gasteiger charge is 2.31. The first-order chi connectivity index (χ1) is 11.6. The summed E-state index contributed by atoms with van der Waals surface area (Å²) < 4.78 is 15.3. The largest absolute Gasteiger partial charge is 0.346 e. The molecule has 2 heterocycles. The third-order valence-electron chi connectivity index (χ3n) is 4.12. The van der Waals surface area contributed by atoms with Gasteiger partial charge in [-0.25, -0.2) is 9.07 Å². The van der Waals surface area contributed by atoms with Crippen molar-refractivity contribution in [3.8, 4) is 0 Å². The van der Waals surface area contributed by atoms with Crippen LogP contribution in [0.2, 0.25) is 10.0 Å². The number of rotatable bonds is 2. The molecule has 0 bridgehead atoms. The Labute approximate surface area is 147 Å². The van der Waals surface area contributed by atoms with Gasteiger partial charge < -0.3 is 5.32 Å². The van der Waals surface area contributed by atoms with Gasteiger partial charge in [0.15, 0.2) is 0 Å². The molecular weight excluding hydrogens is 352 g/mol. The Balaban J connectivity index is 1.76. The summed E-state index contributed by atoms with van der Waals surface area (Å²) in [6.45, 7) is 0. The molecule has 3 aromatic rings. The van der Waals surface area contributed by atoms with E-state index in [1.165, 1.54) is 12.1 Å². The lowest BCUT2D eigenvalue weighted by molar-refractivity contribution is 0.422. The van der Waals surface area contributed by atoms with E-state index in [1.807, 2.05) is 12.1 Å². The maximum atomic E-state index is 13.6. The number of aromatic nitrogens is 4. The molecule has 0 fully saturated rings. The predicted octanol–water partition coefficient (Wildman–Crippen LogP) is 4.27. The number of anilines is 1. The van der Waals surface area contributed by atoms with E-state index >= 15 is 0 Å². The Hall–Kier alpha value is -2.18. The molecule has 0 saturated carbocycles. The average Bonchev–Trinajstić information content (AvgIpc) is 3.02. The maximum Gasteiger partial charge on any atom is 0.243 e. The minimum atomic E-state index is -0.290. The summed E-state index contributed by atoms with van der Waals surface area (Å²) >= 11 is 12.3. The first-order valence-electron chi connectivity index (χ1n) is 7.36. The smallest absolute Gasteiger partial charge is 0.243 e. The van der Waals surface area contributed by atoms with Gasteiger partial charge in [-0.3, -0.25) is 0 Å². The second-order valence-corrected chi connectivity index (χ2v) is 6.46. The van der Waals surface area contributed by atoms with Crippen LogP contribution < -0.4 is 5.32 Å². The lowest BCUT2D eigenvalue weighted by Gasteiger charge is -2.31. The second kappa shape index (κ2) is 6.03. The van der Waals surface area contributed by atoms with Crippen molar-refractivity contribution in [3.05, 3.63) is 69.5 Å². The van der Waals surface area contributed by atoms with Crippen LogP contribution in [-0.2, 0) is 0 Å². The van der Waals surface area contributed by atoms with Crippen LogP contribution in [0.1, 0.15) is 29.6 Å². The fourth-order valence-electron chi connectivity index (χ4n) is 3.02. The zero-order valence-electron chi connectivity index (χ0n) is 12.3. The fraction of sp³-hybridized carbons (Fsp3) is 0.188. The molecule has 24 heavy (non-hydrogen) atoms. The molecule has 1 aliphatic heterocycles. The van der Waals surface area contributed by atoms with Gasteiger partial charge >= 0.3 is 0 Å². The molecule has 1 aliphatic rings. The van der Waals surface area contributed by atoms with Gasteiger partial charge in [0.1, 0.15) is 5.82 Å². The number of hydrogen-bond donors (Lipinski definition) is 1. The minimum absolute atomic E-state index is 0.110. The average molecular weight is 364 g/mol. The summed E-state index contributed by atoms with van der Waals surface area (Å²) in [7, 11) is 0. The van der Waals surface area contributed by atoms with E-state index in [9.17, 15) is 4.39 Å². The van der Waals surface area contributed by atoms with Crippen LogP contribution in [0, 0.1) is 5.82 Å². The van der Waals surface area contributed by atoms with E-state index < -0.39 is 0 Å². The summed E-state index contributed by atoms with van der Waals surface area (Å²) in [5.74, 6) is 0.230. The predicted molar refractivity (Wildman–Crippen MR) is 89.8 cm³/mol. The molecule has 0 aliphatic carbocycles. The first kappa shape index (κ1) is 15.4. The van der Waals surface area contributed by atoms with Gasteiger partial charge in [0.05, 0.1) is 12.1 Å². The zero-order valence-corrected chi connectivity index (χ0v) is 13.8. The summed E-state index contributed by atoms with van der Waals surface area (Å²) in [5, 5.41) is 16.2. The van der Waals surface area contributed by atoms with Crippen LogP contribution in [0.15, 0.2) is 42.5 Å². The van der Waals surface area contributed by atoms with Gasteiger partial charge in [0.2, 0.25) is 5.95 Å². The molecular formula is C16H12Cl2FN5. The highest BCUT2D eigenvalue weighted by atomic mass is 35.5. The summed E-state index contributed by atoms with van der Waals surface area (Å²) in [4.78, 5) is 0. The molecule has 122 valence electrons. The molecule has 8 heteroatoms. The Bertz CT molecular complexity index is 898. The van der Waals surface area contributed by atoms with Gasteiger partial charge in [-0.1, -0.05) is 46.5 Å². The van der Waals surface area contributed by atoms with E-state index in [0.717, 1.165) is 11.1 Å². The summed E-state index contributed by atoms with van der Waals surface area (Å²) in [5.41, 5.74) is 1.71. The Morgan fingerprint density at radius 1 is 1.17 bits per heavy atom. The van der Waals surface area contributed by atoms with E-state index in [1.54, 1.807) is 22.9 Å². The number of halogens is 3. The number of nitrogens with one attached hydrogen (secondary N) is 1. The number of hydrogen-bond acceptors (Lipinski definition) is 4. The monoisotopic (exact) mass is 363 g/mol. The molecule has 2 aromatic carbocycles. The van der Waals surface area contributed by atoms with Crippen LogP contribution in [0.3, 0.4) is 0 Å². The molecule has 0 spiro atoms. The maximum absolute atomic E-state index is 13.6. The third-order valence-corrected chi connectivity index (χ3v) is 4.68. The van der Waals surface area contributed by atoms with Crippen molar-refractivity contribution >= 4 is 29.2 Å². The van der Waals surface area contributed by atoms with Crippen molar-refractivity contribution in [2.75, 3.05) is 5.32 Å². The van der Waals surface area contributed by atoms with E-state index in [4.69, 9.17) is 23.2 Å². The first-order valence-corrected chi connectivity index (χ1v) is 8.12. The van der Waals surface area contributed by atoms with Gasteiger partial charge in [0.25, 0.3) is 0 Å². The van der Waals surface area contributed by atoms with Gasteiger partial charge in [-0.2, -0.15) is 0 Å². The SMILES string of the molecule is Fc1cccc(C2CC(c3ccc(Cl)cc3Cl)Nc3nnnn32)c1. The zero-order chi connectivity index (χ0) is 16.7. The molecule has 4 rings (SSSR count). The van der Waals surface area contributed by atoms with Gasteiger partial charge in [0, 0.05) is 10.0 Å². The van der Waals surface area contributed by atoms with Crippen molar-refractivity contribution in [2.45, 2.75) is 18.5 Å². The normalized spacial score (nSPS) is 19.6. The van der Waals surface area contributed by atoms with E-state index in [2.05, 4.69) is 20.8 Å². The number of tetrazole rings is 1. The topological polar surface area (TPSA) is 55.6 Å². The van der Waals surface area contributed by atoms with Gasteiger partial charge in [-0.15, -0.1) is 0 Å². The van der Waals surface area contributed by atoms with Crippen molar-refractivity contribution in [1.82, 2.24) is 20.2 Å². The molecule has 5 nitrogen and oxygen atoms in total. The number of benzene rings is 2. The Kier molecular flexibility index (Phi) is 3.86.